The molecule has 0 saturated carbocycles. The van der Waals surface area contributed by atoms with E-state index < -0.39 is 0 Å². The number of nitrogens with zero attached hydrogens (tertiary/aromatic N) is 2. The SMILES string of the molecule is CCOc1cc(C#N)ccn1. The van der Waals surface area contributed by atoms with Crippen LogP contribution in [0.4, 0.5) is 0 Å². The zero-order valence-corrected chi connectivity index (χ0v) is 6.24. The second-order valence-corrected chi connectivity index (χ2v) is 1.93. The molecule has 0 aliphatic carbocycles. The van der Waals surface area contributed by atoms with Gasteiger partial charge in [0.05, 0.1) is 18.2 Å². The van der Waals surface area contributed by atoms with Crippen molar-refractivity contribution in [3.63, 3.8) is 0 Å². The van der Waals surface area contributed by atoms with Crippen molar-refractivity contribution in [3.8, 4) is 11.9 Å². The highest BCUT2D eigenvalue weighted by Gasteiger charge is 1.94. The predicted molar refractivity (Wildman–Crippen MR) is 40.1 cm³/mol. The quantitative estimate of drug-likeness (QED) is 0.636. The van der Waals surface area contributed by atoms with E-state index in [9.17, 15) is 0 Å². The van der Waals surface area contributed by atoms with Gasteiger partial charge in [-0.2, -0.15) is 5.26 Å². The van der Waals surface area contributed by atoms with Crippen molar-refractivity contribution in [3.05, 3.63) is 23.9 Å². The second-order valence-electron chi connectivity index (χ2n) is 1.93. The lowest BCUT2D eigenvalue weighted by molar-refractivity contribution is 0.327. The zero-order valence-electron chi connectivity index (χ0n) is 6.24. The molecule has 3 heteroatoms. The van der Waals surface area contributed by atoms with Crippen molar-refractivity contribution in [1.29, 1.82) is 5.26 Å². The summed E-state index contributed by atoms with van der Waals surface area (Å²) in [5.41, 5.74) is 0.573. The van der Waals surface area contributed by atoms with Gasteiger partial charge in [-0.1, -0.05) is 0 Å². The maximum atomic E-state index is 8.50. The van der Waals surface area contributed by atoms with Crippen LogP contribution < -0.4 is 4.74 Å². The smallest absolute Gasteiger partial charge is 0.214 e. The first-order chi connectivity index (χ1) is 5.36. The number of pyridine rings is 1. The molecule has 1 heterocycles. The molecule has 11 heavy (non-hydrogen) atoms. The molecule has 3 nitrogen and oxygen atoms in total. The molecule has 0 aromatic carbocycles. The number of ether oxygens (including phenoxy) is 1. The Bertz CT molecular complexity index is 278. The summed E-state index contributed by atoms with van der Waals surface area (Å²) < 4.78 is 5.09. The Labute approximate surface area is 65.3 Å². The van der Waals surface area contributed by atoms with Gasteiger partial charge in [0.1, 0.15) is 0 Å². The fourth-order valence-corrected chi connectivity index (χ4v) is 0.706. The summed E-state index contributed by atoms with van der Waals surface area (Å²) in [7, 11) is 0. The third-order valence-corrected chi connectivity index (χ3v) is 1.16. The van der Waals surface area contributed by atoms with Crippen molar-refractivity contribution < 1.29 is 4.74 Å². The Hall–Kier alpha value is -1.56. The van der Waals surface area contributed by atoms with Crippen LogP contribution >= 0.6 is 0 Å². The summed E-state index contributed by atoms with van der Waals surface area (Å²) in [6.45, 7) is 2.45. The molecular formula is C8H8N2O. The van der Waals surface area contributed by atoms with Crippen LogP contribution in [0, 0.1) is 11.3 Å². The van der Waals surface area contributed by atoms with Crippen LogP contribution in [0.25, 0.3) is 0 Å². The van der Waals surface area contributed by atoms with Crippen molar-refractivity contribution in [2.75, 3.05) is 6.61 Å². The van der Waals surface area contributed by atoms with Gasteiger partial charge < -0.3 is 4.74 Å². The highest BCUT2D eigenvalue weighted by atomic mass is 16.5. The molecule has 0 unspecified atom stereocenters. The number of nitriles is 1. The molecule has 0 aliphatic heterocycles. The van der Waals surface area contributed by atoms with E-state index in [1.165, 1.54) is 0 Å². The molecule has 0 bridgehead atoms. The Morgan fingerprint density at radius 1 is 1.73 bits per heavy atom. The van der Waals surface area contributed by atoms with E-state index in [0.29, 0.717) is 18.1 Å². The molecule has 0 N–H and O–H groups in total. The molecule has 0 fully saturated rings. The second kappa shape index (κ2) is 3.57. The van der Waals surface area contributed by atoms with E-state index >= 15 is 0 Å². The van der Waals surface area contributed by atoms with E-state index in [1.54, 1.807) is 18.3 Å². The van der Waals surface area contributed by atoms with E-state index in [-0.39, 0.29) is 0 Å². The van der Waals surface area contributed by atoms with Gasteiger partial charge >= 0.3 is 0 Å². The van der Waals surface area contributed by atoms with Crippen LogP contribution in [0.3, 0.4) is 0 Å². The van der Waals surface area contributed by atoms with Crippen molar-refractivity contribution in [1.82, 2.24) is 4.98 Å². The molecule has 0 radical (unpaired) electrons. The van der Waals surface area contributed by atoms with E-state index in [2.05, 4.69) is 4.98 Å². The normalized spacial score (nSPS) is 8.73. The first kappa shape index (κ1) is 7.55. The largest absolute Gasteiger partial charge is 0.478 e. The highest BCUT2D eigenvalue weighted by Crippen LogP contribution is 2.07. The van der Waals surface area contributed by atoms with Crippen LogP contribution in [0.1, 0.15) is 12.5 Å². The minimum atomic E-state index is 0.506. The fourth-order valence-electron chi connectivity index (χ4n) is 0.706. The summed E-state index contributed by atoms with van der Waals surface area (Å²) in [6.07, 6.45) is 1.56. The van der Waals surface area contributed by atoms with Crippen LogP contribution in [-0.2, 0) is 0 Å². The fraction of sp³-hybridized carbons (Fsp3) is 0.250. The van der Waals surface area contributed by atoms with Crippen molar-refractivity contribution in [2.24, 2.45) is 0 Å². The molecule has 56 valence electrons. The van der Waals surface area contributed by atoms with E-state index in [4.69, 9.17) is 10.00 Å². The summed E-state index contributed by atoms with van der Waals surface area (Å²) in [5.74, 6) is 0.506. The number of hydrogen-bond acceptors (Lipinski definition) is 3. The monoisotopic (exact) mass is 148 g/mol. The van der Waals surface area contributed by atoms with E-state index in [0.717, 1.165) is 0 Å². The molecule has 0 spiro atoms. The van der Waals surface area contributed by atoms with Gasteiger partial charge in [0.25, 0.3) is 0 Å². The first-order valence-electron chi connectivity index (χ1n) is 3.35. The Morgan fingerprint density at radius 3 is 3.18 bits per heavy atom. The van der Waals surface area contributed by atoms with Gasteiger partial charge in [0.15, 0.2) is 0 Å². The molecule has 0 saturated heterocycles. The summed E-state index contributed by atoms with van der Waals surface area (Å²) >= 11 is 0. The third kappa shape index (κ3) is 1.94. The number of rotatable bonds is 2. The Morgan fingerprint density at radius 2 is 2.55 bits per heavy atom. The molecule has 1 aromatic heterocycles. The Kier molecular flexibility index (Phi) is 2.45. The maximum Gasteiger partial charge on any atom is 0.214 e. The topological polar surface area (TPSA) is 45.9 Å². The highest BCUT2D eigenvalue weighted by molar-refractivity contribution is 5.30. The summed E-state index contributed by atoms with van der Waals surface area (Å²) in [5, 5.41) is 8.50. The molecule has 0 amide bonds. The first-order valence-corrected chi connectivity index (χ1v) is 3.35. The number of hydrogen-bond donors (Lipinski definition) is 0. The van der Waals surface area contributed by atoms with Crippen molar-refractivity contribution in [2.45, 2.75) is 6.92 Å². The minimum absolute atomic E-state index is 0.506. The molecule has 0 atom stereocenters. The van der Waals surface area contributed by atoms with Gasteiger partial charge in [-0.15, -0.1) is 0 Å². The Balaban J connectivity index is 2.85. The molecular weight excluding hydrogens is 140 g/mol. The lowest BCUT2D eigenvalue weighted by Crippen LogP contribution is -1.93. The van der Waals surface area contributed by atoms with Crippen LogP contribution in [0.2, 0.25) is 0 Å². The molecule has 0 aliphatic rings. The molecule has 1 rings (SSSR count). The maximum absolute atomic E-state index is 8.50. The third-order valence-electron chi connectivity index (χ3n) is 1.16. The average Bonchev–Trinajstić information content (AvgIpc) is 2.06. The standard InChI is InChI=1S/C8H8N2O/c1-2-11-8-5-7(6-9)3-4-10-8/h3-5H,2H2,1H3. The van der Waals surface area contributed by atoms with Crippen LogP contribution in [-0.4, -0.2) is 11.6 Å². The van der Waals surface area contributed by atoms with Gasteiger partial charge in [-0.3, -0.25) is 0 Å². The van der Waals surface area contributed by atoms with Gasteiger partial charge in [-0.25, -0.2) is 4.98 Å². The predicted octanol–water partition coefficient (Wildman–Crippen LogP) is 1.35. The zero-order chi connectivity index (χ0) is 8.10. The summed E-state index contributed by atoms with van der Waals surface area (Å²) in [6, 6.07) is 5.26. The minimum Gasteiger partial charge on any atom is -0.478 e. The lowest BCUT2D eigenvalue weighted by atomic mass is 10.3. The van der Waals surface area contributed by atoms with Crippen LogP contribution in [0.5, 0.6) is 5.88 Å². The lowest BCUT2D eigenvalue weighted by Gasteiger charge is -1.99. The summed E-state index contributed by atoms with van der Waals surface area (Å²) in [4.78, 5) is 3.90. The number of aromatic nitrogens is 1. The van der Waals surface area contributed by atoms with Crippen LogP contribution in [0.15, 0.2) is 18.3 Å². The average molecular weight is 148 g/mol. The van der Waals surface area contributed by atoms with E-state index in [1.807, 2.05) is 13.0 Å². The van der Waals surface area contributed by atoms with Crippen molar-refractivity contribution >= 4 is 0 Å². The van der Waals surface area contributed by atoms with Gasteiger partial charge in [-0.05, 0) is 13.0 Å². The van der Waals surface area contributed by atoms with Gasteiger partial charge in [0, 0.05) is 12.3 Å². The molecule has 1 aromatic rings. The van der Waals surface area contributed by atoms with Gasteiger partial charge in [0.2, 0.25) is 5.88 Å².